The van der Waals surface area contributed by atoms with Gasteiger partial charge in [-0.05, 0) is 24.3 Å². The second-order valence-corrected chi connectivity index (χ2v) is 7.48. The maximum atomic E-state index is 13.2. The number of benzene rings is 2. The van der Waals surface area contributed by atoms with E-state index in [1.807, 2.05) is 77.8 Å². The lowest BCUT2D eigenvalue weighted by molar-refractivity contribution is 0.0304. The summed E-state index contributed by atoms with van der Waals surface area (Å²) in [6.45, 7) is 2.96. The monoisotopic (exact) mass is 413 g/mol. The topological polar surface area (TPSA) is 56.6 Å². The molecular weight excluding hydrogens is 390 g/mol. The predicted octanol–water partition coefficient (Wildman–Crippen LogP) is 4.35. The van der Waals surface area contributed by atoms with E-state index in [9.17, 15) is 4.79 Å². The van der Waals surface area contributed by atoms with Crippen molar-refractivity contribution in [3.05, 3.63) is 90.3 Å². The zero-order valence-electron chi connectivity index (χ0n) is 17.1. The summed E-state index contributed by atoms with van der Waals surface area (Å²) in [5.74, 6) is 1.35. The molecule has 6 nitrogen and oxygen atoms in total. The molecule has 2 aromatic carbocycles. The Bertz CT molecular complexity index is 1200. The van der Waals surface area contributed by atoms with Crippen LogP contribution in [0.4, 0.5) is 0 Å². The van der Waals surface area contributed by atoms with E-state index in [4.69, 9.17) is 9.47 Å². The second kappa shape index (κ2) is 8.62. The quantitative estimate of drug-likeness (QED) is 0.488. The molecule has 0 N–H and O–H groups in total. The third-order valence-electron chi connectivity index (χ3n) is 5.47. The van der Waals surface area contributed by atoms with Crippen LogP contribution in [0.15, 0.2) is 79.1 Å². The van der Waals surface area contributed by atoms with E-state index < -0.39 is 0 Å². The molecule has 4 aromatic rings. The van der Waals surface area contributed by atoms with Crippen molar-refractivity contribution in [2.45, 2.75) is 6.54 Å². The summed E-state index contributed by atoms with van der Waals surface area (Å²) in [6, 6.07) is 21.5. The molecule has 0 atom stereocenters. The van der Waals surface area contributed by atoms with E-state index in [-0.39, 0.29) is 5.91 Å². The Morgan fingerprint density at radius 3 is 2.58 bits per heavy atom. The molecule has 156 valence electrons. The molecule has 2 aromatic heterocycles. The minimum Gasteiger partial charge on any atom is -0.439 e. The maximum Gasteiger partial charge on any atom is 0.256 e. The van der Waals surface area contributed by atoms with Gasteiger partial charge in [0.2, 0.25) is 5.88 Å². The Morgan fingerprint density at radius 2 is 1.74 bits per heavy atom. The lowest BCUT2D eigenvalue weighted by atomic mass is 10.1. The Labute approximate surface area is 180 Å². The molecule has 0 aliphatic carbocycles. The van der Waals surface area contributed by atoms with Crippen molar-refractivity contribution < 1.29 is 14.3 Å². The first-order chi connectivity index (χ1) is 15.3. The number of nitrogens with zero attached hydrogens (tertiary/aromatic N) is 3. The maximum absolute atomic E-state index is 13.2. The van der Waals surface area contributed by atoms with Gasteiger partial charge in [0.05, 0.1) is 25.3 Å². The highest BCUT2D eigenvalue weighted by Gasteiger charge is 2.23. The number of fused-ring (bicyclic) bond motifs is 1. The number of aromatic nitrogens is 2. The normalized spacial score (nSPS) is 14.0. The van der Waals surface area contributed by atoms with E-state index in [0.717, 1.165) is 22.2 Å². The largest absolute Gasteiger partial charge is 0.439 e. The first-order valence-corrected chi connectivity index (χ1v) is 10.4. The molecule has 0 saturated carbocycles. The minimum absolute atomic E-state index is 0.0465. The fourth-order valence-electron chi connectivity index (χ4n) is 3.90. The number of ether oxygens (including phenoxy) is 2. The number of hydrogen-bond donors (Lipinski definition) is 0. The number of hydrogen-bond acceptors (Lipinski definition) is 4. The summed E-state index contributed by atoms with van der Waals surface area (Å²) in [5, 5.41) is 0.952. The van der Waals surface area contributed by atoms with Crippen LogP contribution in [0.5, 0.6) is 11.6 Å². The van der Waals surface area contributed by atoms with Gasteiger partial charge in [-0.25, -0.2) is 4.98 Å². The fourth-order valence-corrected chi connectivity index (χ4v) is 3.90. The van der Waals surface area contributed by atoms with E-state index >= 15 is 0 Å². The zero-order chi connectivity index (χ0) is 21.0. The summed E-state index contributed by atoms with van der Waals surface area (Å²) in [4.78, 5) is 19.5. The lowest BCUT2D eigenvalue weighted by Crippen LogP contribution is -2.40. The molecule has 5 rings (SSSR count). The summed E-state index contributed by atoms with van der Waals surface area (Å²) in [7, 11) is 0. The molecule has 1 aliphatic heterocycles. The number of pyridine rings is 1. The van der Waals surface area contributed by atoms with E-state index in [1.54, 1.807) is 6.20 Å². The predicted molar refractivity (Wildman–Crippen MR) is 119 cm³/mol. The van der Waals surface area contributed by atoms with Crippen molar-refractivity contribution in [1.29, 1.82) is 0 Å². The summed E-state index contributed by atoms with van der Waals surface area (Å²) in [5.41, 5.74) is 2.66. The molecular formula is C25H23N3O3. The highest BCUT2D eigenvalue weighted by atomic mass is 16.5. The number of carbonyl (C=O) groups excluding carboxylic acids is 1. The average molecular weight is 413 g/mol. The molecule has 1 saturated heterocycles. The standard InChI is InChI=1S/C25H23N3O3/c29-25(27-13-15-30-16-14-27)22-18-28(23-11-5-4-10-21(22)23)17-19-7-6-12-26-24(19)31-20-8-2-1-3-9-20/h1-12,18H,13-17H2. The van der Waals surface area contributed by atoms with Crippen LogP contribution in [0.3, 0.4) is 0 Å². The molecule has 0 spiro atoms. The first-order valence-electron chi connectivity index (χ1n) is 10.4. The third kappa shape index (κ3) is 4.02. The van der Waals surface area contributed by atoms with Crippen molar-refractivity contribution in [2.75, 3.05) is 26.3 Å². The average Bonchev–Trinajstić information content (AvgIpc) is 3.19. The van der Waals surface area contributed by atoms with Crippen molar-refractivity contribution in [2.24, 2.45) is 0 Å². The molecule has 1 amide bonds. The van der Waals surface area contributed by atoms with Crippen LogP contribution >= 0.6 is 0 Å². The highest BCUT2D eigenvalue weighted by Crippen LogP contribution is 2.27. The van der Waals surface area contributed by atoms with Crippen LogP contribution < -0.4 is 4.74 Å². The third-order valence-corrected chi connectivity index (χ3v) is 5.47. The second-order valence-electron chi connectivity index (χ2n) is 7.48. The fraction of sp³-hybridized carbons (Fsp3) is 0.200. The van der Waals surface area contributed by atoms with Gasteiger partial charge in [-0.3, -0.25) is 4.79 Å². The van der Waals surface area contributed by atoms with E-state index in [0.29, 0.717) is 44.3 Å². The Morgan fingerprint density at radius 1 is 0.968 bits per heavy atom. The number of morpholine rings is 1. The van der Waals surface area contributed by atoms with Crippen molar-refractivity contribution >= 4 is 16.8 Å². The minimum atomic E-state index is 0.0465. The van der Waals surface area contributed by atoms with Gasteiger partial charge in [-0.1, -0.05) is 42.5 Å². The van der Waals surface area contributed by atoms with Crippen LogP contribution in [0.2, 0.25) is 0 Å². The van der Waals surface area contributed by atoms with Crippen molar-refractivity contribution in [1.82, 2.24) is 14.5 Å². The van der Waals surface area contributed by atoms with Crippen LogP contribution in [-0.4, -0.2) is 46.7 Å². The summed E-state index contributed by atoms with van der Waals surface area (Å²) >= 11 is 0. The number of amides is 1. The molecule has 6 heteroatoms. The summed E-state index contributed by atoms with van der Waals surface area (Å²) < 4.78 is 13.5. The Kier molecular flexibility index (Phi) is 5.37. The van der Waals surface area contributed by atoms with Gasteiger partial charge < -0.3 is 18.9 Å². The zero-order valence-corrected chi connectivity index (χ0v) is 17.1. The van der Waals surface area contributed by atoms with Gasteiger partial charge in [-0.2, -0.15) is 0 Å². The molecule has 3 heterocycles. The van der Waals surface area contributed by atoms with Crippen molar-refractivity contribution in [3.63, 3.8) is 0 Å². The molecule has 0 radical (unpaired) electrons. The summed E-state index contributed by atoms with van der Waals surface area (Å²) in [6.07, 6.45) is 3.67. The number of rotatable bonds is 5. The van der Waals surface area contributed by atoms with Crippen LogP contribution in [-0.2, 0) is 11.3 Å². The molecule has 0 bridgehead atoms. The van der Waals surface area contributed by atoms with Crippen LogP contribution in [0, 0.1) is 0 Å². The van der Waals surface area contributed by atoms with Crippen LogP contribution in [0.1, 0.15) is 15.9 Å². The van der Waals surface area contributed by atoms with Gasteiger partial charge >= 0.3 is 0 Å². The first kappa shape index (κ1) is 19.3. The SMILES string of the molecule is O=C(c1cn(Cc2cccnc2Oc2ccccc2)c2ccccc12)N1CCOCC1. The lowest BCUT2D eigenvalue weighted by Gasteiger charge is -2.26. The van der Waals surface area contributed by atoms with Gasteiger partial charge in [-0.15, -0.1) is 0 Å². The van der Waals surface area contributed by atoms with Gasteiger partial charge in [0.25, 0.3) is 5.91 Å². The number of carbonyl (C=O) groups is 1. The van der Waals surface area contributed by atoms with Crippen molar-refractivity contribution in [3.8, 4) is 11.6 Å². The van der Waals surface area contributed by atoms with Crippen LogP contribution in [0.25, 0.3) is 10.9 Å². The van der Waals surface area contributed by atoms with Gasteiger partial charge in [0, 0.05) is 41.9 Å². The van der Waals surface area contributed by atoms with E-state index in [1.165, 1.54) is 0 Å². The van der Waals surface area contributed by atoms with Gasteiger partial charge in [0.1, 0.15) is 5.75 Å². The van der Waals surface area contributed by atoms with Gasteiger partial charge in [0.15, 0.2) is 0 Å². The highest BCUT2D eigenvalue weighted by molar-refractivity contribution is 6.07. The molecule has 31 heavy (non-hydrogen) atoms. The number of para-hydroxylation sites is 2. The molecule has 1 fully saturated rings. The molecule has 1 aliphatic rings. The smallest absolute Gasteiger partial charge is 0.256 e. The molecule has 0 unspecified atom stereocenters. The Hall–Kier alpha value is -3.64. The van der Waals surface area contributed by atoms with E-state index in [2.05, 4.69) is 9.55 Å². The Balaban J connectivity index is 1.49.